The van der Waals surface area contributed by atoms with Gasteiger partial charge in [0.1, 0.15) is 0 Å². The SMILES string of the molecule is CCNc1nc(Cl)nc(NC(C)C)n1.CCNc1nc(Cl)nc(NC(C)C)n1.O=C(O)/C=C/C(=O)O. The third-order valence-electron chi connectivity index (χ3n) is 3.09. The molecule has 2 aromatic rings. The average molecular weight is 547 g/mol. The molecule has 0 aromatic carbocycles. The van der Waals surface area contributed by atoms with Crippen molar-refractivity contribution in [3.8, 4) is 0 Å². The Hall–Kier alpha value is -3.52. The van der Waals surface area contributed by atoms with E-state index in [0.717, 1.165) is 13.1 Å². The number of carboxylic acid groups (broad SMARTS) is 2. The van der Waals surface area contributed by atoms with E-state index in [1.165, 1.54) is 0 Å². The summed E-state index contributed by atoms with van der Waals surface area (Å²) in [5.74, 6) is -0.530. The summed E-state index contributed by atoms with van der Waals surface area (Å²) in [6.45, 7) is 13.5. The molecule has 0 amide bonds. The molecule has 0 fully saturated rings. The van der Waals surface area contributed by atoms with Crippen LogP contribution in [0.5, 0.6) is 0 Å². The summed E-state index contributed by atoms with van der Waals surface area (Å²) in [4.78, 5) is 43.1. The van der Waals surface area contributed by atoms with Crippen LogP contribution in [-0.2, 0) is 9.59 Å². The van der Waals surface area contributed by atoms with Crippen molar-refractivity contribution in [2.24, 2.45) is 0 Å². The van der Waals surface area contributed by atoms with Crippen molar-refractivity contribution in [3.05, 3.63) is 22.7 Å². The van der Waals surface area contributed by atoms with Gasteiger partial charge in [0, 0.05) is 37.3 Å². The fourth-order valence-corrected chi connectivity index (χ4v) is 2.28. The average Bonchev–Trinajstić information content (AvgIpc) is 2.72. The smallest absolute Gasteiger partial charge is 0.328 e. The zero-order chi connectivity index (χ0) is 27.7. The van der Waals surface area contributed by atoms with E-state index in [4.69, 9.17) is 33.4 Å². The maximum atomic E-state index is 9.55. The zero-order valence-corrected chi connectivity index (χ0v) is 22.4. The van der Waals surface area contributed by atoms with Crippen molar-refractivity contribution >= 4 is 58.9 Å². The van der Waals surface area contributed by atoms with E-state index in [1.54, 1.807) is 0 Å². The Labute approximate surface area is 219 Å². The Morgan fingerprint density at radius 2 is 1.00 bits per heavy atom. The molecule has 0 saturated carbocycles. The molecule has 0 radical (unpaired) electrons. The summed E-state index contributed by atoms with van der Waals surface area (Å²) >= 11 is 11.5. The maximum Gasteiger partial charge on any atom is 0.328 e. The van der Waals surface area contributed by atoms with Crippen LogP contribution in [-0.4, -0.2) is 77.2 Å². The van der Waals surface area contributed by atoms with Crippen molar-refractivity contribution < 1.29 is 19.8 Å². The van der Waals surface area contributed by atoms with Crippen LogP contribution in [0.1, 0.15) is 41.5 Å². The van der Waals surface area contributed by atoms with Gasteiger partial charge < -0.3 is 31.5 Å². The number of nitrogens with one attached hydrogen (secondary N) is 4. The van der Waals surface area contributed by atoms with Crippen molar-refractivity contribution in [3.63, 3.8) is 0 Å². The topological polar surface area (TPSA) is 200 Å². The quantitative estimate of drug-likeness (QED) is 0.237. The number of aromatic nitrogens is 6. The highest BCUT2D eigenvalue weighted by Gasteiger charge is 2.05. The van der Waals surface area contributed by atoms with Gasteiger partial charge in [-0.1, -0.05) is 0 Å². The predicted octanol–water partition coefficient (Wildman–Crippen LogP) is 3.27. The van der Waals surface area contributed by atoms with E-state index in [9.17, 15) is 9.59 Å². The molecule has 2 aromatic heterocycles. The molecular weight excluding hydrogens is 515 g/mol. The molecule has 0 aliphatic carbocycles. The van der Waals surface area contributed by atoms with E-state index in [-0.39, 0.29) is 22.7 Å². The van der Waals surface area contributed by atoms with Crippen molar-refractivity contribution in [2.45, 2.75) is 53.6 Å². The lowest BCUT2D eigenvalue weighted by atomic mass is 10.4. The Morgan fingerprint density at radius 3 is 1.25 bits per heavy atom. The molecule has 0 bridgehead atoms. The number of anilines is 4. The number of carboxylic acids is 2. The van der Waals surface area contributed by atoms with Crippen molar-refractivity contribution in [1.82, 2.24) is 29.9 Å². The number of rotatable bonds is 10. The molecule has 0 aliphatic rings. The number of carbonyl (C=O) groups is 2. The number of nitrogens with zero attached hydrogens (tertiary/aromatic N) is 6. The van der Waals surface area contributed by atoms with Gasteiger partial charge in [-0.25, -0.2) is 9.59 Å². The van der Waals surface area contributed by atoms with Gasteiger partial charge in [-0.05, 0) is 64.7 Å². The number of hydrogen-bond acceptors (Lipinski definition) is 12. The van der Waals surface area contributed by atoms with Gasteiger partial charge in [0.15, 0.2) is 0 Å². The second kappa shape index (κ2) is 17.8. The fraction of sp³-hybridized carbons (Fsp3) is 0.500. The first-order chi connectivity index (χ1) is 16.9. The monoisotopic (exact) mass is 546 g/mol. The highest BCUT2D eigenvalue weighted by atomic mass is 35.5. The van der Waals surface area contributed by atoms with Crippen molar-refractivity contribution in [1.29, 1.82) is 0 Å². The van der Waals surface area contributed by atoms with E-state index in [1.807, 2.05) is 41.5 Å². The van der Waals surface area contributed by atoms with E-state index >= 15 is 0 Å². The minimum absolute atomic E-state index is 0.194. The van der Waals surface area contributed by atoms with Gasteiger partial charge in [-0.3, -0.25) is 0 Å². The van der Waals surface area contributed by atoms with Gasteiger partial charge in [0.05, 0.1) is 0 Å². The van der Waals surface area contributed by atoms with E-state index < -0.39 is 11.9 Å². The Balaban J connectivity index is 0.000000533. The lowest BCUT2D eigenvalue weighted by molar-refractivity contribution is -0.134. The normalized spacial score (nSPS) is 10.2. The number of aliphatic carboxylic acids is 2. The summed E-state index contributed by atoms with van der Waals surface area (Å²) in [6, 6.07) is 0.533. The largest absolute Gasteiger partial charge is 0.478 e. The van der Waals surface area contributed by atoms with Crippen LogP contribution in [0.3, 0.4) is 0 Å². The van der Waals surface area contributed by atoms with E-state index in [2.05, 4.69) is 51.2 Å². The fourth-order valence-electron chi connectivity index (χ4n) is 1.96. The van der Waals surface area contributed by atoms with Crippen molar-refractivity contribution in [2.75, 3.05) is 34.4 Å². The molecule has 0 unspecified atom stereocenters. The maximum absolute atomic E-state index is 9.55. The molecular formula is C20H32Cl2N10O4. The summed E-state index contributed by atoms with van der Waals surface area (Å²) < 4.78 is 0. The molecule has 0 aliphatic heterocycles. The second-order valence-electron chi connectivity index (χ2n) is 7.17. The number of halogens is 2. The molecule has 0 saturated heterocycles. The summed E-state index contributed by atoms with van der Waals surface area (Å²) in [5.41, 5.74) is 0. The minimum atomic E-state index is -1.26. The van der Waals surface area contributed by atoms with Crippen LogP contribution in [0.4, 0.5) is 23.8 Å². The molecule has 0 atom stereocenters. The third-order valence-corrected chi connectivity index (χ3v) is 3.43. The molecule has 2 heterocycles. The third kappa shape index (κ3) is 17.0. The standard InChI is InChI=1S/2C8H14ClN5.C4H4O4/c2*1-4-10-7-12-6(9)13-8(14-7)11-5(2)3;5-3(6)1-2-4(7)8/h2*5H,4H2,1-3H3,(H2,10,11,12,13,14);1-2H,(H,5,6)(H,7,8)/b;;2-1+. The van der Waals surface area contributed by atoms with Crippen LogP contribution in [0, 0.1) is 0 Å². The van der Waals surface area contributed by atoms with Crippen LogP contribution >= 0.6 is 23.2 Å². The minimum Gasteiger partial charge on any atom is -0.478 e. The van der Waals surface area contributed by atoms with Gasteiger partial charge in [-0.15, -0.1) is 0 Å². The van der Waals surface area contributed by atoms with Gasteiger partial charge in [0.25, 0.3) is 0 Å². The predicted molar refractivity (Wildman–Crippen MR) is 140 cm³/mol. The molecule has 36 heavy (non-hydrogen) atoms. The zero-order valence-electron chi connectivity index (χ0n) is 20.9. The highest BCUT2D eigenvalue weighted by Crippen LogP contribution is 2.10. The summed E-state index contributed by atoms with van der Waals surface area (Å²) in [5, 5.41) is 28.1. The van der Waals surface area contributed by atoms with Crippen LogP contribution in [0.15, 0.2) is 12.2 Å². The van der Waals surface area contributed by atoms with Gasteiger partial charge >= 0.3 is 11.9 Å². The molecule has 200 valence electrons. The first-order valence-corrected chi connectivity index (χ1v) is 11.6. The Morgan fingerprint density at radius 1 is 0.694 bits per heavy atom. The molecule has 14 nitrogen and oxygen atoms in total. The molecule has 0 spiro atoms. The van der Waals surface area contributed by atoms with E-state index in [0.29, 0.717) is 35.9 Å². The van der Waals surface area contributed by atoms with Gasteiger partial charge in [0.2, 0.25) is 34.4 Å². The Bertz CT molecular complexity index is 915. The van der Waals surface area contributed by atoms with Gasteiger partial charge in [-0.2, -0.15) is 29.9 Å². The van der Waals surface area contributed by atoms with Crippen LogP contribution < -0.4 is 21.3 Å². The second-order valence-corrected chi connectivity index (χ2v) is 7.85. The molecule has 2 rings (SSSR count). The first kappa shape index (κ1) is 32.5. The first-order valence-electron chi connectivity index (χ1n) is 10.8. The lowest BCUT2D eigenvalue weighted by Gasteiger charge is -2.09. The lowest BCUT2D eigenvalue weighted by Crippen LogP contribution is -2.14. The summed E-state index contributed by atoms with van der Waals surface area (Å²) in [7, 11) is 0. The van der Waals surface area contributed by atoms with Crippen LogP contribution in [0.2, 0.25) is 10.6 Å². The number of hydrogen-bond donors (Lipinski definition) is 6. The Kier molecular flexibility index (Phi) is 16.1. The molecule has 16 heteroatoms. The highest BCUT2D eigenvalue weighted by molar-refractivity contribution is 6.28. The molecule has 6 N–H and O–H groups in total. The van der Waals surface area contributed by atoms with Crippen LogP contribution in [0.25, 0.3) is 0 Å². The summed E-state index contributed by atoms with van der Waals surface area (Å²) in [6.07, 6.45) is 1.12.